The summed E-state index contributed by atoms with van der Waals surface area (Å²) in [4.78, 5) is 12.8. The number of benzene rings is 2. The van der Waals surface area contributed by atoms with Crippen molar-refractivity contribution in [2.24, 2.45) is 0 Å². The summed E-state index contributed by atoms with van der Waals surface area (Å²) >= 11 is 0. The van der Waals surface area contributed by atoms with Gasteiger partial charge in [-0.05, 0) is 56.0 Å². The monoisotopic (exact) mass is 509 g/mol. The minimum absolute atomic E-state index is 0.0376. The van der Waals surface area contributed by atoms with Crippen LogP contribution < -0.4 is 14.4 Å². The Morgan fingerprint density at radius 2 is 1.65 bits per heavy atom. The fraction of sp³-hybridized carbons (Fsp3) is 0.435. The van der Waals surface area contributed by atoms with Gasteiger partial charge in [0.25, 0.3) is 0 Å². The molecule has 186 valence electrons. The molecule has 1 amide bonds. The van der Waals surface area contributed by atoms with E-state index < -0.39 is 32.5 Å². The van der Waals surface area contributed by atoms with Crippen LogP contribution in [0.25, 0.3) is 0 Å². The molecule has 1 N–H and O–H groups in total. The Morgan fingerprint density at radius 1 is 1.03 bits per heavy atom. The van der Waals surface area contributed by atoms with Crippen LogP contribution in [-0.2, 0) is 24.8 Å². The molecule has 1 fully saturated rings. The second-order valence-corrected chi connectivity index (χ2v) is 12.2. The minimum Gasteiger partial charge on any atom is -0.495 e. The number of amides is 1. The summed E-state index contributed by atoms with van der Waals surface area (Å²) in [5, 5.41) is 2.64. The molecule has 1 heterocycles. The van der Waals surface area contributed by atoms with Crippen molar-refractivity contribution in [1.82, 2.24) is 4.31 Å². The first kappa shape index (κ1) is 26.0. The molecule has 1 aliphatic heterocycles. The molecule has 3 rings (SSSR count). The zero-order valence-corrected chi connectivity index (χ0v) is 21.5. The lowest BCUT2D eigenvalue weighted by Gasteiger charge is -2.27. The van der Waals surface area contributed by atoms with Gasteiger partial charge >= 0.3 is 0 Å². The number of carbonyl (C=O) groups is 1. The zero-order chi connectivity index (χ0) is 25.1. The van der Waals surface area contributed by atoms with Gasteiger partial charge in [0.2, 0.25) is 26.0 Å². The molecule has 11 heteroatoms. The lowest BCUT2D eigenvalue weighted by Crippen LogP contribution is -2.38. The molecule has 0 unspecified atom stereocenters. The second-order valence-electron chi connectivity index (χ2n) is 8.39. The van der Waals surface area contributed by atoms with E-state index in [4.69, 9.17) is 4.74 Å². The van der Waals surface area contributed by atoms with Crippen molar-refractivity contribution in [3.8, 4) is 5.75 Å². The highest BCUT2D eigenvalue weighted by atomic mass is 32.2. The zero-order valence-electron chi connectivity index (χ0n) is 19.9. The van der Waals surface area contributed by atoms with E-state index in [0.29, 0.717) is 18.8 Å². The van der Waals surface area contributed by atoms with Crippen LogP contribution in [-0.4, -0.2) is 60.0 Å². The van der Waals surface area contributed by atoms with Gasteiger partial charge in [-0.2, -0.15) is 4.31 Å². The summed E-state index contributed by atoms with van der Waals surface area (Å²) in [5.74, 6) is -0.420. The number of sulfonamides is 2. The maximum atomic E-state index is 13.2. The Kier molecular flexibility index (Phi) is 7.89. The molecule has 0 bridgehead atoms. The number of para-hydroxylation sites is 1. The number of hydrogen-bond donors (Lipinski definition) is 1. The molecule has 0 spiro atoms. The number of rotatable bonds is 8. The van der Waals surface area contributed by atoms with E-state index in [1.807, 2.05) is 6.07 Å². The molecule has 2 aromatic carbocycles. The number of carbonyl (C=O) groups excluding carboxylic acids is 1. The normalized spacial score (nSPS) is 15.1. The molecule has 1 saturated heterocycles. The molecule has 0 radical (unpaired) electrons. The molecule has 34 heavy (non-hydrogen) atoms. The molecule has 0 saturated carbocycles. The fourth-order valence-corrected chi connectivity index (χ4v) is 6.76. The predicted molar refractivity (Wildman–Crippen MR) is 132 cm³/mol. The maximum Gasteiger partial charge on any atom is 0.246 e. The summed E-state index contributed by atoms with van der Waals surface area (Å²) in [6, 6.07) is 9.72. The average Bonchev–Trinajstić information content (AvgIpc) is 2.78. The number of methoxy groups -OCH3 is 1. The summed E-state index contributed by atoms with van der Waals surface area (Å²) in [6.07, 6.45) is 3.61. The third-order valence-electron chi connectivity index (χ3n) is 5.76. The quantitative estimate of drug-likeness (QED) is 0.586. The predicted octanol–water partition coefficient (Wildman–Crippen LogP) is 2.89. The van der Waals surface area contributed by atoms with Gasteiger partial charge in [-0.25, -0.2) is 16.8 Å². The third-order valence-corrected chi connectivity index (χ3v) is 8.79. The van der Waals surface area contributed by atoms with E-state index in [9.17, 15) is 21.6 Å². The van der Waals surface area contributed by atoms with Crippen LogP contribution in [0.4, 0.5) is 11.4 Å². The molecule has 1 aliphatic rings. The minimum atomic E-state index is -3.81. The van der Waals surface area contributed by atoms with Gasteiger partial charge in [-0.3, -0.25) is 9.10 Å². The van der Waals surface area contributed by atoms with Gasteiger partial charge in [0.05, 0.1) is 19.1 Å². The molecule has 0 aromatic heterocycles. The van der Waals surface area contributed by atoms with Gasteiger partial charge in [0.1, 0.15) is 17.2 Å². The van der Waals surface area contributed by atoms with Crippen LogP contribution in [0.15, 0.2) is 41.3 Å². The summed E-state index contributed by atoms with van der Waals surface area (Å²) in [7, 11) is -6.18. The Hall–Kier alpha value is -2.63. The van der Waals surface area contributed by atoms with Gasteiger partial charge in [-0.1, -0.05) is 24.6 Å². The number of hydrogen-bond acceptors (Lipinski definition) is 6. The van der Waals surface area contributed by atoms with Crippen LogP contribution in [0.2, 0.25) is 0 Å². The van der Waals surface area contributed by atoms with Crippen molar-refractivity contribution < 1.29 is 26.4 Å². The Balaban J connectivity index is 1.89. The Bertz CT molecular complexity index is 1250. The largest absolute Gasteiger partial charge is 0.495 e. The van der Waals surface area contributed by atoms with E-state index in [2.05, 4.69) is 5.32 Å². The smallest absolute Gasteiger partial charge is 0.246 e. The van der Waals surface area contributed by atoms with E-state index >= 15 is 0 Å². The van der Waals surface area contributed by atoms with Crippen LogP contribution in [0.3, 0.4) is 0 Å². The lowest BCUT2D eigenvalue weighted by atomic mass is 10.1. The van der Waals surface area contributed by atoms with Crippen molar-refractivity contribution in [2.45, 2.75) is 38.0 Å². The Morgan fingerprint density at radius 3 is 2.21 bits per heavy atom. The van der Waals surface area contributed by atoms with Crippen molar-refractivity contribution in [3.63, 3.8) is 0 Å². The van der Waals surface area contributed by atoms with Crippen LogP contribution >= 0.6 is 0 Å². The van der Waals surface area contributed by atoms with Crippen LogP contribution in [0, 0.1) is 13.8 Å². The SMILES string of the molecule is COc1ccc(NC(=O)CN(c2c(C)cccc2C)S(C)(=O)=O)cc1S(=O)(=O)N1CCCCC1. The number of ether oxygens (including phenoxy) is 1. The Labute approximate surface area is 201 Å². The highest BCUT2D eigenvalue weighted by Gasteiger charge is 2.30. The third kappa shape index (κ3) is 5.70. The molecule has 9 nitrogen and oxygen atoms in total. The summed E-state index contributed by atoms with van der Waals surface area (Å²) in [5.41, 5.74) is 2.12. The van der Waals surface area contributed by atoms with Gasteiger partial charge in [0.15, 0.2) is 0 Å². The number of anilines is 2. The van der Waals surface area contributed by atoms with E-state index in [-0.39, 0.29) is 16.3 Å². The van der Waals surface area contributed by atoms with Crippen molar-refractivity contribution in [3.05, 3.63) is 47.5 Å². The number of piperidine rings is 1. The first-order valence-electron chi connectivity index (χ1n) is 11.0. The standard InChI is InChI=1S/C23H31N3O6S2/c1-17-9-8-10-18(2)23(17)26(33(4,28)29)16-22(27)24-19-11-12-20(32-3)21(15-19)34(30,31)25-13-6-5-7-14-25/h8-12,15H,5-7,13-14,16H2,1-4H3,(H,24,27). The van der Waals surface area contributed by atoms with E-state index in [1.165, 1.54) is 29.6 Å². The second kappa shape index (κ2) is 10.3. The van der Waals surface area contributed by atoms with Gasteiger partial charge in [0, 0.05) is 18.8 Å². The molecule has 0 atom stereocenters. The van der Waals surface area contributed by atoms with Crippen molar-refractivity contribution in [1.29, 1.82) is 0 Å². The molecule has 2 aromatic rings. The highest BCUT2D eigenvalue weighted by Crippen LogP contribution is 2.31. The van der Waals surface area contributed by atoms with Gasteiger partial charge < -0.3 is 10.1 Å². The fourth-order valence-electron chi connectivity index (χ4n) is 4.09. The van der Waals surface area contributed by atoms with Crippen molar-refractivity contribution >= 4 is 37.3 Å². The maximum absolute atomic E-state index is 13.2. The molecular formula is C23H31N3O6S2. The lowest BCUT2D eigenvalue weighted by molar-refractivity contribution is -0.114. The van der Waals surface area contributed by atoms with Crippen molar-refractivity contribution in [2.75, 3.05) is 42.6 Å². The number of nitrogens with one attached hydrogen (secondary N) is 1. The van der Waals surface area contributed by atoms with E-state index in [1.54, 1.807) is 26.0 Å². The molecule has 0 aliphatic carbocycles. The molecular weight excluding hydrogens is 478 g/mol. The summed E-state index contributed by atoms with van der Waals surface area (Å²) < 4.78 is 59.2. The number of nitrogens with zero attached hydrogens (tertiary/aromatic N) is 2. The van der Waals surface area contributed by atoms with Gasteiger partial charge in [-0.15, -0.1) is 0 Å². The summed E-state index contributed by atoms with van der Waals surface area (Å²) in [6.45, 7) is 3.96. The topological polar surface area (TPSA) is 113 Å². The highest BCUT2D eigenvalue weighted by molar-refractivity contribution is 7.92. The van der Waals surface area contributed by atoms with E-state index in [0.717, 1.165) is 41.0 Å². The first-order valence-corrected chi connectivity index (χ1v) is 14.3. The van der Waals surface area contributed by atoms with Crippen LogP contribution in [0.5, 0.6) is 5.75 Å². The average molecular weight is 510 g/mol. The first-order chi connectivity index (χ1) is 15.9. The number of aryl methyl sites for hydroxylation is 2. The van der Waals surface area contributed by atoms with Crippen LogP contribution in [0.1, 0.15) is 30.4 Å².